The number of anilines is 1. The highest BCUT2D eigenvalue weighted by molar-refractivity contribution is 8.00. The van der Waals surface area contributed by atoms with Crippen LogP contribution in [0.25, 0.3) is 0 Å². The van der Waals surface area contributed by atoms with Crippen molar-refractivity contribution >= 4 is 28.2 Å². The Morgan fingerprint density at radius 1 is 1.50 bits per heavy atom. The van der Waals surface area contributed by atoms with Crippen LogP contribution in [0.1, 0.15) is 11.3 Å². The molecule has 0 bridgehead atoms. The summed E-state index contributed by atoms with van der Waals surface area (Å²) in [5.41, 5.74) is 7.38. The molecule has 2 heterocycles. The number of halogens is 1. The molecule has 16 heavy (non-hydrogen) atoms. The Labute approximate surface area is 101 Å². The number of aryl methyl sites for hydroxylation is 1. The van der Waals surface area contributed by atoms with Crippen LogP contribution in [0.4, 0.5) is 9.52 Å². The minimum absolute atomic E-state index is 0.307. The Morgan fingerprint density at radius 3 is 2.94 bits per heavy atom. The number of thioether (sulfide) groups is 1. The molecule has 0 fully saturated rings. The molecule has 2 aromatic rings. The van der Waals surface area contributed by atoms with Gasteiger partial charge in [-0.25, -0.2) is 9.37 Å². The van der Waals surface area contributed by atoms with E-state index in [1.54, 1.807) is 18.0 Å². The van der Waals surface area contributed by atoms with Crippen molar-refractivity contribution in [1.82, 2.24) is 9.97 Å². The predicted octanol–water partition coefficient (Wildman–Crippen LogP) is 2.86. The molecule has 3 nitrogen and oxygen atoms in total. The van der Waals surface area contributed by atoms with E-state index in [2.05, 4.69) is 9.97 Å². The SMILES string of the molecule is Cc1nc(N)sc1SCc1cncc(F)c1. The number of nitrogens with two attached hydrogens (primary N) is 1. The van der Waals surface area contributed by atoms with E-state index in [9.17, 15) is 4.39 Å². The standard InChI is InChI=1S/C10H10FN3S2/c1-6-9(16-10(12)14-6)15-5-7-2-8(11)4-13-3-7/h2-4H,5H2,1H3,(H2,12,14). The molecule has 2 N–H and O–H groups in total. The van der Waals surface area contributed by atoms with Gasteiger partial charge < -0.3 is 5.73 Å². The maximum atomic E-state index is 12.9. The lowest BCUT2D eigenvalue weighted by Crippen LogP contribution is -1.85. The van der Waals surface area contributed by atoms with Crippen molar-refractivity contribution in [2.75, 3.05) is 5.73 Å². The summed E-state index contributed by atoms with van der Waals surface area (Å²) in [5.74, 6) is 0.367. The Bertz CT molecular complexity index is 499. The second-order valence-corrected chi connectivity index (χ2v) is 5.50. The lowest BCUT2D eigenvalue weighted by molar-refractivity contribution is 0.619. The van der Waals surface area contributed by atoms with Gasteiger partial charge in [-0.1, -0.05) is 11.3 Å². The van der Waals surface area contributed by atoms with Crippen LogP contribution in [0.3, 0.4) is 0 Å². The fraction of sp³-hybridized carbons (Fsp3) is 0.200. The normalized spacial score (nSPS) is 10.6. The Hall–Kier alpha value is -1.14. The van der Waals surface area contributed by atoms with Gasteiger partial charge in [-0.05, 0) is 18.6 Å². The average molecular weight is 255 g/mol. The maximum Gasteiger partial charge on any atom is 0.181 e. The van der Waals surface area contributed by atoms with Crippen molar-refractivity contribution in [1.29, 1.82) is 0 Å². The van der Waals surface area contributed by atoms with Gasteiger partial charge in [-0.15, -0.1) is 11.8 Å². The van der Waals surface area contributed by atoms with Gasteiger partial charge in [0.15, 0.2) is 5.13 Å². The minimum Gasteiger partial charge on any atom is -0.375 e. The molecule has 0 saturated carbocycles. The first-order chi connectivity index (χ1) is 7.65. The first kappa shape index (κ1) is 11.3. The molecule has 6 heteroatoms. The molecule has 0 aliphatic carbocycles. The number of hydrogen-bond acceptors (Lipinski definition) is 5. The van der Waals surface area contributed by atoms with Crippen molar-refractivity contribution in [2.24, 2.45) is 0 Å². The van der Waals surface area contributed by atoms with Crippen LogP contribution in [-0.4, -0.2) is 9.97 Å². The second-order valence-electron chi connectivity index (χ2n) is 3.23. The third-order valence-corrected chi connectivity index (χ3v) is 4.32. The van der Waals surface area contributed by atoms with Crippen LogP contribution in [0, 0.1) is 12.7 Å². The van der Waals surface area contributed by atoms with Crippen molar-refractivity contribution < 1.29 is 4.39 Å². The number of thiazole rings is 1. The van der Waals surface area contributed by atoms with E-state index >= 15 is 0 Å². The lowest BCUT2D eigenvalue weighted by Gasteiger charge is -1.99. The number of pyridine rings is 1. The molecule has 0 atom stereocenters. The van der Waals surface area contributed by atoms with E-state index in [0.29, 0.717) is 10.9 Å². The van der Waals surface area contributed by atoms with Crippen LogP contribution in [0.15, 0.2) is 22.7 Å². The van der Waals surface area contributed by atoms with Crippen molar-refractivity contribution in [2.45, 2.75) is 16.9 Å². The predicted molar refractivity (Wildman–Crippen MR) is 65.0 cm³/mol. The molecule has 84 valence electrons. The van der Waals surface area contributed by atoms with E-state index in [1.165, 1.54) is 23.6 Å². The van der Waals surface area contributed by atoms with Gasteiger partial charge in [0.1, 0.15) is 5.82 Å². The van der Waals surface area contributed by atoms with Crippen molar-refractivity contribution in [3.63, 3.8) is 0 Å². The summed E-state index contributed by atoms with van der Waals surface area (Å²) in [7, 11) is 0. The first-order valence-corrected chi connectivity index (χ1v) is 6.40. The molecular weight excluding hydrogens is 245 g/mol. The summed E-state index contributed by atoms with van der Waals surface area (Å²) < 4.78 is 13.9. The summed E-state index contributed by atoms with van der Waals surface area (Å²) in [6, 6.07) is 1.49. The molecule has 0 saturated heterocycles. The molecule has 2 rings (SSSR count). The molecule has 2 aromatic heterocycles. The van der Waals surface area contributed by atoms with Gasteiger partial charge in [-0.3, -0.25) is 4.98 Å². The van der Waals surface area contributed by atoms with Crippen molar-refractivity contribution in [3.05, 3.63) is 35.5 Å². The maximum absolute atomic E-state index is 12.9. The first-order valence-electron chi connectivity index (χ1n) is 4.60. The van der Waals surface area contributed by atoms with Gasteiger partial charge in [0.2, 0.25) is 0 Å². The Balaban J connectivity index is 2.05. The number of nitrogens with zero attached hydrogens (tertiary/aromatic N) is 2. The van der Waals surface area contributed by atoms with Crippen LogP contribution in [-0.2, 0) is 5.75 Å². The second kappa shape index (κ2) is 4.80. The van der Waals surface area contributed by atoms with Gasteiger partial charge >= 0.3 is 0 Å². The van der Waals surface area contributed by atoms with Crippen LogP contribution in [0.2, 0.25) is 0 Å². The Kier molecular flexibility index (Phi) is 3.40. The van der Waals surface area contributed by atoms with Crippen LogP contribution >= 0.6 is 23.1 Å². The number of nitrogen functional groups attached to an aromatic ring is 1. The summed E-state index contributed by atoms with van der Waals surface area (Å²) in [4.78, 5) is 7.93. The number of rotatable bonds is 3. The van der Waals surface area contributed by atoms with Gasteiger partial charge in [0, 0.05) is 11.9 Å². The van der Waals surface area contributed by atoms with Gasteiger partial charge in [0.05, 0.1) is 16.1 Å². The third kappa shape index (κ3) is 2.70. The minimum atomic E-state index is -0.307. The molecule has 0 radical (unpaired) electrons. The zero-order valence-corrected chi connectivity index (χ0v) is 10.2. The topological polar surface area (TPSA) is 51.8 Å². The fourth-order valence-electron chi connectivity index (χ4n) is 1.22. The fourth-order valence-corrected chi connectivity index (χ4v) is 3.16. The van der Waals surface area contributed by atoms with E-state index in [-0.39, 0.29) is 5.82 Å². The van der Waals surface area contributed by atoms with Crippen LogP contribution in [0.5, 0.6) is 0 Å². The van der Waals surface area contributed by atoms with E-state index in [1.807, 2.05) is 6.92 Å². The van der Waals surface area contributed by atoms with E-state index < -0.39 is 0 Å². The summed E-state index contributed by atoms with van der Waals surface area (Å²) in [5, 5.41) is 0.567. The zero-order valence-electron chi connectivity index (χ0n) is 8.61. The zero-order chi connectivity index (χ0) is 11.5. The van der Waals surface area contributed by atoms with Crippen LogP contribution < -0.4 is 5.73 Å². The highest BCUT2D eigenvalue weighted by atomic mass is 32.2. The monoisotopic (exact) mass is 255 g/mol. The summed E-state index contributed by atoms with van der Waals surface area (Å²) in [6.45, 7) is 1.92. The molecule has 0 amide bonds. The molecule has 0 aliphatic heterocycles. The van der Waals surface area contributed by atoms with E-state index in [4.69, 9.17) is 5.73 Å². The average Bonchev–Trinajstić information content (AvgIpc) is 2.54. The smallest absolute Gasteiger partial charge is 0.181 e. The molecular formula is C10H10FN3S2. The molecule has 0 unspecified atom stereocenters. The number of aromatic nitrogens is 2. The molecule has 0 aromatic carbocycles. The highest BCUT2D eigenvalue weighted by Crippen LogP contribution is 2.32. The van der Waals surface area contributed by atoms with Gasteiger partial charge in [0.25, 0.3) is 0 Å². The summed E-state index contributed by atoms with van der Waals surface area (Å²) in [6.07, 6.45) is 2.86. The lowest BCUT2D eigenvalue weighted by atomic mass is 10.3. The largest absolute Gasteiger partial charge is 0.375 e. The van der Waals surface area contributed by atoms with Crippen molar-refractivity contribution in [3.8, 4) is 0 Å². The van der Waals surface area contributed by atoms with Gasteiger partial charge in [-0.2, -0.15) is 0 Å². The number of hydrogen-bond donors (Lipinski definition) is 1. The molecule has 0 aliphatic rings. The van der Waals surface area contributed by atoms with E-state index in [0.717, 1.165) is 15.5 Å². The molecule has 0 spiro atoms. The third-order valence-electron chi connectivity index (χ3n) is 1.90. The highest BCUT2D eigenvalue weighted by Gasteiger charge is 2.06. The quantitative estimate of drug-likeness (QED) is 0.857. The Morgan fingerprint density at radius 2 is 2.31 bits per heavy atom. The summed E-state index contributed by atoms with van der Waals surface area (Å²) >= 11 is 3.05.